The maximum Gasteiger partial charge on any atom is 0.328 e. The molecule has 2 aliphatic rings. The number of carbonyl (C=O) groups is 3. The number of piperidine rings is 1. The van der Waals surface area contributed by atoms with E-state index in [1.54, 1.807) is 4.90 Å². The van der Waals surface area contributed by atoms with Crippen molar-refractivity contribution in [3.8, 4) is 0 Å². The number of hydrogen-bond donors (Lipinski definition) is 1. The first-order chi connectivity index (χ1) is 13.0. The standard InChI is InChI=1S/C21H28N2O4/c1-27-20(26)17-9-5-6-14-23(17)19(25)11-13-21(12-10-18(24)22-21)15-16-7-3-2-4-8-16/h2-4,7-8,17H,5-6,9-15H2,1H3,(H,22,24). The zero-order valence-corrected chi connectivity index (χ0v) is 15.9. The van der Waals surface area contributed by atoms with E-state index >= 15 is 0 Å². The highest BCUT2D eigenvalue weighted by Gasteiger charge is 2.39. The predicted molar refractivity (Wildman–Crippen MR) is 101 cm³/mol. The van der Waals surface area contributed by atoms with E-state index in [2.05, 4.69) is 5.32 Å². The van der Waals surface area contributed by atoms with E-state index in [4.69, 9.17) is 4.74 Å². The van der Waals surface area contributed by atoms with E-state index in [1.165, 1.54) is 7.11 Å². The molecule has 0 radical (unpaired) electrons. The minimum atomic E-state index is -0.473. The van der Waals surface area contributed by atoms with Gasteiger partial charge in [0.15, 0.2) is 0 Å². The average Bonchev–Trinajstić information content (AvgIpc) is 3.07. The number of methoxy groups -OCH3 is 1. The Kier molecular flexibility index (Phi) is 6.14. The predicted octanol–water partition coefficient (Wildman–Crippen LogP) is 2.21. The second-order valence-electron chi connectivity index (χ2n) is 7.61. The van der Waals surface area contributed by atoms with Gasteiger partial charge in [0, 0.05) is 24.9 Å². The van der Waals surface area contributed by atoms with Crippen LogP contribution in [0.5, 0.6) is 0 Å². The number of nitrogens with zero attached hydrogens (tertiary/aromatic N) is 1. The summed E-state index contributed by atoms with van der Waals surface area (Å²) < 4.78 is 4.87. The van der Waals surface area contributed by atoms with Crippen molar-refractivity contribution >= 4 is 17.8 Å². The molecule has 27 heavy (non-hydrogen) atoms. The summed E-state index contributed by atoms with van der Waals surface area (Å²) in [5.41, 5.74) is 0.766. The number of nitrogens with one attached hydrogen (secondary N) is 1. The highest BCUT2D eigenvalue weighted by atomic mass is 16.5. The van der Waals surface area contributed by atoms with Crippen molar-refractivity contribution in [2.75, 3.05) is 13.7 Å². The smallest absolute Gasteiger partial charge is 0.328 e. The normalized spacial score (nSPS) is 25.1. The van der Waals surface area contributed by atoms with Gasteiger partial charge in [0.2, 0.25) is 11.8 Å². The van der Waals surface area contributed by atoms with Crippen molar-refractivity contribution in [3.05, 3.63) is 35.9 Å². The van der Waals surface area contributed by atoms with E-state index in [0.717, 1.165) is 24.8 Å². The highest BCUT2D eigenvalue weighted by Crippen LogP contribution is 2.30. The van der Waals surface area contributed by atoms with Gasteiger partial charge in [-0.15, -0.1) is 0 Å². The fourth-order valence-electron chi connectivity index (χ4n) is 4.27. The molecule has 2 fully saturated rings. The Labute approximate surface area is 160 Å². The van der Waals surface area contributed by atoms with Crippen molar-refractivity contribution in [1.29, 1.82) is 0 Å². The van der Waals surface area contributed by atoms with Gasteiger partial charge in [-0.25, -0.2) is 4.79 Å². The zero-order chi connectivity index (χ0) is 19.3. The van der Waals surface area contributed by atoms with Gasteiger partial charge in [-0.3, -0.25) is 9.59 Å². The van der Waals surface area contributed by atoms with Crippen LogP contribution in [0.1, 0.15) is 50.5 Å². The molecule has 0 saturated carbocycles. The van der Waals surface area contributed by atoms with Crippen LogP contribution in [-0.2, 0) is 25.5 Å². The van der Waals surface area contributed by atoms with Gasteiger partial charge in [-0.05, 0) is 44.1 Å². The van der Waals surface area contributed by atoms with Crippen LogP contribution in [0.15, 0.2) is 30.3 Å². The lowest BCUT2D eigenvalue weighted by Crippen LogP contribution is -2.50. The Morgan fingerprint density at radius 1 is 1.26 bits per heavy atom. The molecule has 0 bridgehead atoms. The van der Waals surface area contributed by atoms with Gasteiger partial charge in [0.05, 0.1) is 7.11 Å². The van der Waals surface area contributed by atoms with Crippen LogP contribution in [0.2, 0.25) is 0 Å². The molecule has 2 heterocycles. The monoisotopic (exact) mass is 372 g/mol. The van der Waals surface area contributed by atoms with Crippen molar-refractivity contribution in [3.63, 3.8) is 0 Å². The molecule has 0 spiro atoms. The molecule has 6 nitrogen and oxygen atoms in total. The van der Waals surface area contributed by atoms with E-state index in [1.807, 2.05) is 30.3 Å². The van der Waals surface area contributed by atoms with Crippen LogP contribution in [-0.4, -0.2) is 47.9 Å². The molecule has 2 atom stereocenters. The van der Waals surface area contributed by atoms with Crippen molar-refractivity contribution in [2.45, 2.75) is 62.9 Å². The van der Waals surface area contributed by atoms with E-state index in [-0.39, 0.29) is 23.3 Å². The second-order valence-corrected chi connectivity index (χ2v) is 7.61. The van der Waals surface area contributed by atoms with Gasteiger partial charge >= 0.3 is 5.97 Å². The molecule has 2 amide bonds. The molecule has 2 saturated heterocycles. The number of rotatable bonds is 6. The summed E-state index contributed by atoms with van der Waals surface area (Å²) in [6.45, 7) is 0.594. The molecule has 2 aliphatic heterocycles. The van der Waals surface area contributed by atoms with Crippen LogP contribution in [0, 0.1) is 0 Å². The summed E-state index contributed by atoms with van der Waals surface area (Å²) in [5, 5.41) is 3.12. The molecular weight excluding hydrogens is 344 g/mol. The second kappa shape index (κ2) is 8.55. The average molecular weight is 372 g/mol. The fourth-order valence-corrected chi connectivity index (χ4v) is 4.27. The first-order valence-corrected chi connectivity index (χ1v) is 9.75. The number of esters is 1. The van der Waals surface area contributed by atoms with Crippen LogP contribution >= 0.6 is 0 Å². The van der Waals surface area contributed by atoms with Gasteiger partial charge in [0.1, 0.15) is 6.04 Å². The summed E-state index contributed by atoms with van der Waals surface area (Å²) in [6.07, 6.45) is 5.34. The molecule has 0 aromatic heterocycles. The Balaban J connectivity index is 1.67. The zero-order valence-electron chi connectivity index (χ0n) is 15.9. The summed E-state index contributed by atoms with van der Waals surface area (Å²) in [4.78, 5) is 38.5. The topological polar surface area (TPSA) is 75.7 Å². The molecule has 1 aromatic carbocycles. The maximum absolute atomic E-state index is 12.9. The van der Waals surface area contributed by atoms with E-state index in [9.17, 15) is 14.4 Å². The largest absolute Gasteiger partial charge is 0.467 e. The lowest BCUT2D eigenvalue weighted by molar-refractivity contribution is -0.154. The Hall–Kier alpha value is -2.37. The van der Waals surface area contributed by atoms with Gasteiger partial charge in [0.25, 0.3) is 0 Å². The highest BCUT2D eigenvalue weighted by molar-refractivity contribution is 5.85. The Morgan fingerprint density at radius 2 is 2.04 bits per heavy atom. The Morgan fingerprint density at radius 3 is 2.70 bits per heavy atom. The van der Waals surface area contributed by atoms with E-state index < -0.39 is 6.04 Å². The van der Waals surface area contributed by atoms with Gasteiger partial charge in [-0.1, -0.05) is 30.3 Å². The van der Waals surface area contributed by atoms with Crippen LogP contribution in [0.4, 0.5) is 0 Å². The Bertz CT molecular complexity index is 691. The molecule has 146 valence electrons. The first-order valence-electron chi connectivity index (χ1n) is 9.75. The van der Waals surface area contributed by atoms with Crippen LogP contribution in [0.3, 0.4) is 0 Å². The summed E-state index contributed by atoms with van der Waals surface area (Å²) in [6, 6.07) is 9.56. The molecule has 2 unspecified atom stereocenters. The van der Waals surface area contributed by atoms with E-state index in [0.29, 0.717) is 38.6 Å². The SMILES string of the molecule is COC(=O)C1CCCCN1C(=O)CCC1(Cc2ccccc2)CCC(=O)N1. The third-order valence-electron chi connectivity index (χ3n) is 5.73. The van der Waals surface area contributed by atoms with Crippen molar-refractivity contribution in [2.24, 2.45) is 0 Å². The third kappa shape index (κ3) is 4.67. The number of carbonyl (C=O) groups excluding carboxylic acids is 3. The lowest BCUT2D eigenvalue weighted by atomic mass is 9.84. The summed E-state index contributed by atoms with van der Waals surface area (Å²) >= 11 is 0. The van der Waals surface area contributed by atoms with Crippen LogP contribution < -0.4 is 5.32 Å². The number of hydrogen-bond acceptors (Lipinski definition) is 4. The molecule has 1 aromatic rings. The maximum atomic E-state index is 12.9. The van der Waals surface area contributed by atoms with Crippen LogP contribution in [0.25, 0.3) is 0 Å². The number of amides is 2. The number of benzene rings is 1. The molecule has 1 N–H and O–H groups in total. The quantitative estimate of drug-likeness (QED) is 0.777. The van der Waals surface area contributed by atoms with Crippen molar-refractivity contribution < 1.29 is 19.1 Å². The third-order valence-corrected chi connectivity index (χ3v) is 5.73. The molecule has 3 rings (SSSR count). The minimum Gasteiger partial charge on any atom is -0.467 e. The fraction of sp³-hybridized carbons (Fsp3) is 0.571. The van der Waals surface area contributed by atoms with Gasteiger partial charge in [-0.2, -0.15) is 0 Å². The lowest BCUT2D eigenvalue weighted by Gasteiger charge is -2.35. The first kappa shape index (κ1) is 19.4. The summed E-state index contributed by atoms with van der Waals surface area (Å²) in [7, 11) is 1.36. The van der Waals surface area contributed by atoms with Crippen molar-refractivity contribution in [1.82, 2.24) is 10.2 Å². The minimum absolute atomic E-state index is 0.0290. The molecular formula is C21H28N2O4. The molecule has 6 heteroatoms. The molecule has 0 aliphatic carbocycles. The van der Waals surface area contributed by atoms with Gasteiger partial charge < -0.3 is 15.0 Å². The number of likely N-dealkylation sites (tertiary alicyclic amines) is 1. The summed E-state index contributed by atoms with van der Waals surface area (Å²) in [5.74, 6) is -0.321. The number of ether oxygens (including phenoxy) is 1.